The minimum Gasteiger partial charge on any atom is -0.477 e. The van der Waals surface area contributed by atoms with Gasteiger partial charge in [0.2, 0.25) is 11.7 Å². The topological polar surface area (TPSA) is 86.0 Å². The van der Waals surface area contributed by atoms with Crippen molar-refractivity contribution in [1.29, 1.82) is 0 Å². The Balaban J connectivity index is 1.75. The molecule has 2 aromatic rings. The highest BCUT2D eigenvalue weighted by Gasteiger charge is 2.61. The fourth-order valence-electron chi connectivity index (χ4n) is 3.82. The number of hydrogen-bond acceptors (Lipinski definition) is 5. The SMILES string of the molecule is CC[C@@H](C)Oc1nc2nc(C34COC(C)(C3)C4)cn2cc1C(=O)O. The quantitative estimate of drug-likeness (QED) is 0.905. The van der Waals surface area contributed by atoms with Gasteiger partial charge in [0.1, 0.15) is 5.56 Å². The van der Waals surface area contributed by atoms with E-state index in [9.17, 15) is 9.90 Å². The van der Waals surface area contributed by atoms with Crippen molar-refractivity contribution in [1.82, 2.24) is 14.4 Å². The molecule has 7 nitrogen and oxygen atoms in total. The minimum atomic E-state index is -1.06. The molecule has 128 valence electrons. The lowest BCUT2D eigenvalue weighted by molar-refractivity contribution is 0.0154. The summed E-state index contributed by atoms with van der Waals surface area (Å²) in [5.74, 6) is -0.472. The van der Waals surface area contributed by atoms with Crippen LogP contribution in [-0.2, 0) is 10.2 Å². The number of ether oxygens (including phenoxy) is 2. The van der Waals surface area contributed by atoms with Crippen LogP contribution < -0.4 is 4.74 Å². The lowest BCUT2D eigenvalue weighted by atomic mass is 9.62. The number of carboxylic acid groups (broad SMARTS) is 1. The van der Waals surface area contributed by atoms with Crippen LogP contribution >= 0.6 is 0 Å². The van der Waals surface area contributed by atoms with E-state index in [1.54, 1.807) is 4.40 Å². The maximum absolute atomic E-state index is 11.5. The molecule has 7 heteroatoms. The first-order chi connectivity index (χ1) is 11.3. The van der Waals surface area contributed by atoms with Gasteiger partial charge in [-0.15, -0.1) is 0 Å². The van der Waals surface area contributed by atoms with Crippen LogP contribution in [0.2, 0.25) is 0 Å². The van der Waals surface area contributed by atoms with Crippen LogP contribution in [0, 0.1) is 0 Å². The predicted octanol–water partition coefficient (Wildman–Crippen LogP) is 2.43. The summed E-state index contributed by atoms with van der Waals surface area (Å²) in [5, 5.41) is 9.45. The van der Waals surface area contributed by atoms with Gasteiger partial charge < -0.3 is 14.6 Å². The standard InChI is InChI=1S/C17H21N3O4/c1-4-10(2)24-13-11(14(21)22)5-20-6-12(18-15(20)19-13)17-7-16(3,8-17)23-9-17/h5-6,10H,4,7-9H2,1-3H3,(H,21,22)/t10-,16?,17?/m1/s1. The molecule has 0 unspecified atom stereocenters. The summed E-state index contributed by atoms with van der Waals surface area (Å²) in [5.41, 5.74) is 0.886. The monoisotopic (exact) mass is 331 g/mol. The average molecular weight is 331 g/mol. The normalized spacial score (nSPS) is 29.5. The van der Waals surface area contributed by atoms with Crippen LogP contribution in [-0.4, -0.2) is 43.8 Å². The molecule has 4 heterocycles. The van der Waals surface area contributed by atoms with E-state index in [0.29, 0.717) is 12.4 Å². The third kappa shape index (κ3) is 2.18. The molecule has 1 saturated carbocycles. The molecule has 5 rings (SSSR count). The van der Waals surface area contributed by atoms with Crippen molar-refractivity contribution >= 4 is 11.7 Å². The van der Waals surface area contributed by atoms with E-state index in [2.05, 4.69) is 16.9 Å². The Morgan fingerprint density at radius 2 is 2.21 bits per heavy atom. The zero-order valence-corrected chi connectivity index (χ0v) is 14.1. The minimum absolute atomic E-state index is 0.0275. The Morgan fingerprint density at radius 3 is 2.79 bits per heavy atom. The molecule has 3 fully saturated rings. The molecule has 1 N–H and O–H groups in total. The number of fused-ring (bicyclic) bond motifs is 2. The van der Waals surface area contributed by atoms with E-state index in [1.165, 1.54) is 6.20 Å². The van der Waals surface area contributed by atoms with Crippen LogP contribution in [0.4, 0.5) is 0 Å². The van der Waals surface area contributed by atoms with Crippen molar-refractivity contribution in [3.63, 3.8) is 0 Å². The van der Waals surface area contributed by atoms with Gasteiger partial charge in [-0.2, -0.15) is 4.98 Å². The summed E-state index contributed by atoms with van der Waals surface area (Å²) in [4.78, 5) is 20.5. The summed E-state index contributed by atoms with van der Waals surface area (Å²) >= 11 is 0. The van der Waals surface area contributed by atoms with Gasteiger partial charge in [0.25, 0.3) is 0 Å². The highest BCUT2D eigenvalue weighted by atomic mass is 16.5. The molecule has 1 aliphatic carbocycles. The lowest BCUT2D eigenvalue weighted by Gasteiger charge is -2.41. The number of rotatable bonds is 5. The van der Waals surface area contributed by atoms with E-state index < -0.39 is 5.97 Å². The smallest absolute Gasteiger partial charge is 0.342 e. The van der Waals surface area contributed by atoms with Crippen LogP contribution in [0.1, 0.15) is 56.1 Å². The first kappa shape index (κ1) is 15.4. The maximum atomic E-state index is 11.5. The van der Waals surface area contributed by atoms with Crippen molar-refractivity contribution in [2.75, 3.05) is 6.61 Å². The first-order valence-electron chi connectivity index (χ1n) is 8.28. The highest BCUT2D eigenvalue weighted by molar-refractivity contribution is 5.90. The Kier molecular flexibility index (Phi) is 3.16. The molecule has 0 spiro atoms. The molecular formula is C17H21N3O4. The molecule has 24 heavy (non-hydrogen) atoms. The van der Waals surface area contributed by atoms with Crippen molar-refractivity contribution < 1.29 is 19.4 Å². The Bertz CT molecular complexity index is 823. The van der Waals surface area contributed by atoms with Crippen molar-refractivity contribution in [2.24, 2.45) is 0 Å². The van der Waals surface area contributed by atoms with E-state index in [-0.39, 0.29) is 28.6 Å². The molecule has 0 aromatic carbocycles. The number of carbonyl (C=O) groups is 1. The third-order valence-electron chi connectivity index (χ3n) is 5.20. The molecule has 2 aromatic heterocycles. The van der Waals surface area contributed by atoms with Gasteiger partial charge >= 0.3 is 5.97 Å². The fraction of sp³-hybridized carbons (Fsp3) is 0.588. The number of imidazole rings is 1. The van der Waals surface area contributed by atoms with Gasteiger partial charge in [0.05, 0.1) is 24.0 Å². The van der Waals surface area contributed by atoms with Gasteiger partial charge in [-0.3, -0.25) is 4.40 Å². The predicted molar refractivity (Wildman–Crippen MR) is 85.6 cm³/mol. The summed E-state index contributed by atoms with van der Waals surface area (Å²) in [6, 6.07) is 0. The van der Waals surface area contributed by atoms with Crippen molar-refractivity contribution in [3.8, 4) is 5.88 Å². The second kappa shape index (κ2) is 4.92. The van der Waals surface area contributed by atoms with Crippen molar-refractivity contribution in [2.45, 2.75) is 57.2 Å². The molecule has 2 saturated heterocycles. The van der Waals surface area contributed by atoms with Crippen LogP contribution in [0.3, 0.4) is 0 Å². The number of nitrogens with zero attached hydrogens (tertiary/aromatic N) is 3. The zero-order chi connectivity index (χ0) is 17.1. The van der Waals surface area contributed by atoms with Crippen LogP contribution in [0.5, 0.6) is 5.88 Å². The van der Waals surface area contributed by atoms with Gasteiger partial charge in [-0.25, -0.2) is 9.78 Å². The molecule has 3 aliphatic rings. The molecular weight excluding hydrogens is 310 g/mol. The number of carboxylic acids is 1. The first-order valence-corrected chi connectivity index (χ1v) is 8.28. The molecule has 2 bridgehead atoms. The van der Waals surface area contributed by atoms with Crippen LogP contribution in [0.15, 0.2) is 12.4 Å². The second-order valence-corrected chi connectivity index (χ2v) is 7.31. The maximum Gasteiger partial charge on any atom is 0.342 e. The molecule has 2 aliphatic heterocycles. The van der Waals surface area contributed by atoms with E-state index in [1.807, 2.05) is 20.0 Å². The van der Waals surface area contributed by atoms with E-state index >= 15 is 0 Å². The Hall–Kier alpha value is -2.15. The van der Waals surface area contributed by atoms with Gasteiger partial charge in [-0.1, -0.05) is 6.92 Å². The molecule has 0 amide bonds. The Morgan fingerprint density at radius 1 is 1.46 bits per heavy atom. The average Bonchev–Trinajstić information content (AvgIpc) is 3.16. The summed E-state index contributed by atoms with van der Waals surface area (Å²) in [6.45, 7) is 6.64. The van der Waals surface area contributed by atoms with E-state index in [0.717, 1.165) is 25.0 Å². The molecule has 1 atom stereocenters. The fourth-order valence-corrected chi connectivity index (χ4v) is 3.82. The zero-order valence-electron chi connectivity index (χ0n) is 14.1. The third-order valence-corrected chi connectivity index (χ3v) is 5.20. The summed E-state index contributed by atoms with van der Waals surface area (Å²) in [6.07, 6.45) is 5.96. The van der Waals surface area contributed by atoms with E-state index in [4.69, 9.17) is 9.47 Å². The number of aromatic nitrogens is 3. The largest absolute Gasteiger partial charge is 0.477 e. The second-order valence-electron chi connectivity index (χ2n) is 7.31. The van der Waals surface area contributed by atoms with Crippen LogP contribution in [0.25, 0.3) is 5.78 Å². The number of hydrogen-bond donors (Lipinski definition) is 1. The summed E-state index contributed by atoms with van der Waals surface area (Å²) in [7, 11) is 0. The van der Waals surface area contributed by atoms with Gasteiger partial charge in [0.15, 0.2) is 0 Å². The van der Waals surface area contributed by atoms with Gasteiger partial charge in [0, 0.05) is 17.8 Å². The Labute approximate surface area is 139 Å². The number of aromatic carboxylic acids is 1. The highest BCUT2D eigenvalue weighted by Crippen LogP contribution is 2.58. The van der Waals surface area contributed by atoms with Gasteiger partial charge in [-0.05, 0) is 33.1 Å². The molecule has 0 radical (unpaired) electrons. The van der Waals surface area contributed by atoms with Crippen molar-refractivity contribution in [3.05, 3.63) is 23.7 Å². The summed E-state index contributed by atoms with van der Waals surface area (Å²) < 4.78 is 13.2. The lowest BCUT2D eigenvalue weighted by Crippen LogP contribution is -2.45.